The van der Waals surface area contributed by atoms with Crippen LogP contribution in [0.25, 0.3) is 0 Å². The monoisotopic (exact) mass is 367 g/mol. The summed E-state index contributed by atoms with van der Waals surface area (Å²) < 4.78 is 65.0. The number of halogens is 3. The number of alkyl halides is 3. The van der Waals surface area contributed by atoms with Crippen LogP contribution in [-0.2, 0) is 16.2 Å². The molecule has 0 fully saturated rings. The number of nitrogens with one attached hydrogen (secondary N) is 1. The first-order chi connectivity index (χ1) is 11.0. The molecule has 0 atom stereocenters. The van der Waals surface area contributed by atoms with E-state index in [-0.39, 0.29) is 17.1 Å². The summed E-state index contributed by atoms with van der Waals surface area (Å²) in [6.45, 7) is 3.01. The highest BCUT2D eigenvalue weighted by molar-refractivity contribution is 7.89. The smallest absolute Gasteiger partial charge is 0.384 e. The van der Waals surface area contributed by atoms with Gasteiger partial charge in [-0.15, -0.1) is 0 Å². The van der Waals surface area contributed by atoms with E-state index in [0.717, 1.165) is 18.2 Å². The van der Waals surface area contributed by atoms with Crippen molar-refractivity contribution in [2.45, 2.75) is 24.4 Å². The van der Waals surface area contributed by atoms with Crippen molar-refractivity contribution in [2.75, 3.05) is 46.1 Å². The highest BCUT2D eigenvalue weighted by Crippen LogP contribution is 2.34. The number of rotatable bonds is 8. The number of nitrogens with zero attached hydrogens (tertiary/aromatic N) is 2. The van der Waals surface area contributed by atoms with Crippen molar-refractivity contribution in [2.24, 2.45) is 0 Å². The van der Waals surface area contributed by atoms with Crippen molar-refractivity contribution in [1.29, 1.82) is 0 Å². The molecule has 138 valence electrons. The van der Waals surface area contributed by atoms with Gasteiger partial charge in [0.15, 0.2) is 0 Å². The van der Waals surface area contributed by atoms with Crippen LogP contribution in [0, 0.1) is 0 Å². The third-order valence-electron chi connectivity index (χ3n) is 3.44. The van der Waals surface area contributed by atoms with Gasteiger partial charge in [0.05, 0.1) is 11.3 Å². The molecule has 0 saturated heterocycles. The van der Waals surface area contributed by atoms with Gasteiger partial charge >= 0.3 is 6.18 Å². The molecule has 1 aromatic rings. The summed E-state index contributed by atoms with van der Waals surface area (Å²) in [5.41, 5.74) is -0.917. The van der Waals surface area contributed by atoms with Crippen LogP contribution in [0.4, 0.5) is 18.9 Å². The van der Waals surface area contributed by atoms with Crippen LogP contribution in [0.3, 0.4) is 0 Å². The Morgan fingerprint density at radius 1 is 1.12 bits per heavy atom. The molecule has 0 aliphatic heterocycles. The maximum Gasteiger partial charge on any atom is 0.416 e. The second-order valence-electron chi connectivity index (χ2n) is 5.72. The van der Waals surface area contributed by atoms with E-state index in [4.69, 9.17) is 0 Å². The highest BCUT2D eigenvalue weighted by Gasteiger charge is 2.33. The van der Waals surface area contributed by atoms with Gasteiger partial charge in [-0.25, -0.2) is 12.7 Å². The van der Waals surface area contributed by atoms with Gasteiger partial charge in [0.25, 0.3) is 0 Å². The molecule has 1 rings (SSSR count). The number of hydrogen-bond donors (Lipinski definition) is 1. The zero-order valence-corrected chi connectivity index (χ0v) is 15.1. The van der Waals surface area contributed by atoms with Crippen LogP contribution in [-0.4, -0.2) is 58.4 Å². The molecule has 0 spiro atoms. The normalized spacial score (nSPS) is 12.9. The Labute approximate surface area is 141 Å². The Balaban J connectivity index is 3.13. The fourth-order valence-electron chi connectivity index (χ4n) is 2.16. The molecule has 9 heteroatoms. The van der Waals surface area contributed by atoms with Crippen LogP contribution in [0.2, 0.25) is 0 Å². The number of benzene rings is 1. The van der Waals surface area contributed by atoms with Crippen LogP contribution >= 0.6 is 0 Å². The van der Waals surface area contributed by atoms with Crippen LogP contribution in [0.15, 0.2) is 23.1 Å². The molecule has 1 aromatic carbocycles. The van der Waals surface area contributed by atoms with Crippen molar-refractivity contribution in [3.8, 4) is 0 Å². The molecule has 0 saturated carbocycles. The second kappa shape index (κ2) is 8.17. The zero-order valence-electron chi connectivity index (χ0n) is 14.3. The molecule has 0 bridgehead atoms. The minimum atomic E-state index is -4.52. The summed E-state index contributed by atoms with van der Waals surface area (Å²) >= 11 is 0. The van der Waals surface area contributed by atoms with E-state index in [0.29, 0.717) is 19.5 Å². The minimum Gasteiger partial charge on any atom is -0.384 e. The van der Waals surface area contributed by atoms with E-state index in [1.165, 1.54) is 11.4 Å². The SMILES string of the molecule is CCNc1cc(C(F)(F)F)ccc1S(=O)(=O)N(C)CCCN(C)C. The van der Waals surface area contributed by atoms with E-state index in [1.54, 1.807) is 6.92 Å². The predicted molar refractivity (Wildman–Crippen MR) is 88.6 cm³/mol. The quantitative estimate of drug-likeness (QED) is 0.768. The first-order valence-corrected chi connectivity index (χ1v) is 9.00. The number of anilines is 1. The summed E-state index contributed by atoms with van der Waals surface area (Å²) in [5, 5.41) is 2.71. The largest absolute Gasteiger partial charge is 0.416 e. The van der Waals surface area contributed by atoms with E-state index in [1.807, 2.05) is 19.0 Å². The van der Waals surface area contributed by atoms with E-state index in [2.05, 4.69) is 5.32 Å². The fraction of sp³-hybridized carbons (Fsp3) is 0.600. The number of sulfonamides is 1. The topological polar surface area (TPSA) is 52.7 Å². The van der Waals surface area contributed by atoms with Gasteiger partial charge in [-0.05, 0) is 52.2 Å². The first kappa shape index (κ1) is 20.7. The molecule has 0 aliphatic rings. The lowest BCUT2D eigenvalue weighted by Gasteiger charge is -2.21. The molecule has 0 amide bonds. The molecular weight excluding hydrogens is 343 g/mol. The zero-order chi connectivity index (χ0) is 18.5. The van der Waals surface area contributed by atoms with E-state index >= 15 is 0 Å². The Hall–Kier alpha value is -1.32. The highest BCUT2D eigenvalue weighted by atomic mass is 32.2. The van der Waals surface area contributed by atoms with E-state index in [9.17, 15) is 21.6 Å². The van der Waals surface area contributed by atoms with Gasteiger partial charge in [0, 0.05) is 20.1 Å². The van der Waals surface area contributed by atoms with Crippen LogP contribution in [0.1, 0.15) is 18.9 Å². The lowest BCUT2D eigenvalue weighted by molar-refractivity contribution is -0.137. The van der Waals surface area contributed by atoms with Crippen molar-refractivity contribution in [3.63, 3.8) is 0 Å². The standard InChI is InChI=1S/C15H24F3N3O2S/c1-5-19-13-11-12(15(16,17)18)7-8-14(13)24(22,23)21(4)10-6-9-20(2)3/h7-8,11,19H,5-6,9-10H2,1-4H3. The summed E-state index contributed by atoms with van der Waals surface area (Å²) in [7, 11) is 1.33. The Kier molecular flexibility index (Phi) is 7.06. The van der Waals surface area contributed by atoms with Gasteiger partial charge in [-0.2, -0.15) is 13.2 Å². The molecule has 24 heavy (non-hydrogen) atoms. The summed E-state index contributed by atoms with van der Waals surface area (Å²) in [5.74, 6) is 0. The molecule has 0 aliphatic carbocycles. The summed E-state index contributed by atoms with van der Waals surface area (Å²) in [6.07, 6.45) is -3.90. The summed E-state index contributed by atoms with van der Waals surface area (Å²) in [4.78, 5) is 1.78. The van der Waals surface area contributed by atoms with Crippen molar-refractivity contribution >= 4 is 15.7 Å². The minimum absolute atomic E-state index is 0.0354. The van der Waals surface area contributed by atoms with Gasteiger partial charge in [0.2, 0.25) is 10.0 Å². The summed E-state index contributed by atoms with van der Waals surface area (Å²) in [6, 6.07) is 2.64. The number of hydrogen-bond acceptors (Lipinski definition) is 4. The van der Waals surface area contributed by atoms with Crippen molar-refractivity contribution in [1.82, 2.24) is 9.21 Å². The molecule has 1 N–H and O–H groups in total. The average Bonchev–Trinajstić information content (AvgIpc) is 2.45. The predicted octanol–water partition coefficient (Wildman–Crippen LogP) is 2.71. The van der Waals surface area contributed by atoms with E-state index < -0.39 is 21.8 Å². The second-order valence-corrected chi connectivity index (χ2v) is 7.74. The van der Waals surface area contributed by atoms with Crippen molar-refractivity contribution < 1.29 is 21.6 Å². The Bertz CT molecular complexity index is 646. The maximum absolute atomic E-state index is 12.8. The van der Waals surface area contributed by atoms with Gasteiger partial charge in [-0.1, -0.05) is 0 Å². The van der Waals surface area contributed by atoms with Crippen molar-refractivity contribution in [3.05, 3.63) is 23.8 Å². The Morgan fingerprint density at radius 2 is 1.75 bits per heavy atom. The first-order valence-electron chi connectivity index (χ1n) is 7.56. The lowest BCUT2D eigenvalue weighted by atomic mass is 10.2. The maximum atomic E-state index is 12.8. The molecule has 0 heterocycles. The molecule has 5 nitrogen and oxygen atoms in total. The lowest BCUT2D eigenvalue weighted by Crippen LogP contribution is -2.30. The third-order valence-corrected chi connectivity index (χ3v) is 5.36. The molecule has 0 aromatic heterocycles. The van der Waals surface area contributed by atoms with Crippen LogP contribution in [0.5, 0.6) is 0 Å². The van der Waals surface area contributed by atoms with Gasteiger partial charge < -0.3 is 10.2 Å². The molecule has 0 unspecified atom stereocenters. The third kappa shape index (κ3) is 5.35. The Morgan fingerprint density at radius 3 is 2.25 bits per heavy atom. The molecular formula is C15H24F3N3O2S. The molecule has 0 radical (unpaired) electrons. The van der Waals surface area contributed by atoms with Crippen LogP contribution < -0.4 is 5.32 Å². The van der Waals surface area contributed by atoms with Gasteiger partial charge in [0.1, 0.15) is 4.90 Å². The fourth-order valence-corrected chi connectivity index (χ4v) is 3.51. The average molecular weight is 367 g/mol. The van der Waals surface area contributed by atoms with Gasteiger partial charge in [-0.3, -0.25) is 0 Å².